The lowest BCUT2D eigenvalue weighted by Crippen LogP contribution is -2.33. The van der Waals surface area contributed by atoms with Crippen LogP contribution < -0.4 is 0 Å². The molecule has 1 saturated heterocycles. The highest BCUT2D eigenvalue weighted by atomic mass is 19.4. The van der Waals surface area contributed by atoms with Crippen LogP contribution in [0.5, 0.6) is 0 Å². The Morgan fingerprint density at radius 3 is 2.48 bits per heavy atom. The predicted molar refractivity (Wildman–Crippen MR) is 71.1 cm³/mol. The van der Waals surface area contributed by atoms with E-state index in [4.69, 9.17) is 0 Å². The van der Waals surface area contributed by atoms with Crippen LogP contribution in [-0.2, 0) is 12.7 Å². The number of benzene rings is 1. The molecule has 2 rings (SSSR count). The molecule has 0 spiro atoms. The second kappa shape index (κ2) is 5.57. The molecule has 6 heteroatoms. The smallest absolute Gasteiger partial charge is 0.390 e. The summed E-state index contributed by atoms with van der Waals surface area (Å²) in [7, 11) is 0. The van der Waals surface area contributed by atoms with Gasteiger partial charge in [0.25, 0.3) is 0 Å². The maximum Gasteiger partial charge on any atom is 0.419 e. The lowest BCUT2D eigenvalue weighted by Gasteiger charge is -2.25. The predicted octanol–water partition coefficient (Wildman–Crippen LogP) is 3.44. The maximum absolute atomic E-state index is 13.2. The Kier molecular flexibility index (Phi) is 4.31. The van der Waals surface area contributed by atoms with Gasteiger partial charge >= 0.3 is 6.18 Å². The van der Waals surface area contributed by atoms with Crippen molar-refractivity contribution < 1.29 is 22.7 Å². The average molecular weight is 305 g/mol. The van der Waals surface area contributed by atoms with Crippen LogP contribution >= 0.6 is 0 Å². The highest BCUT2D eigenvalue weighted by Crippen LogP contribution is 2.33. The van der Waals surface area contributed by atoms with Crippen LogP contribution in [0.2, 0.25) is 0 Å². The number of alkyl halides is 3. The third kappa shape index (κ3) is 3.95. The minimum absolute atomic E-state index is 0.0973. The molecule has 0 radical (unpaired) electrons. The Labute approximate surface area is 121 Å². The van der Waals surface area contributed by atoms with Gasteiger partial charge in [0, 0.05) is 19.0 Å². The topological polar surface area (TPSA) is 23.5 Å². The van der Waals surface area contributed by atoms with E-state index in [1.165, 1.54) is 6.07 Å². The van der Waals surface area contributed by atoms with E-state index in [0.29, 0.717) is 25.2 Å². The third-order valence-corrected chi connectivity index (χ3v) is 4.01. The first-order valence-corrected chi connectivity index (χ1v) is 6.87. The van der Waals surface area contributed by atoms with E-state index in [-0.39, 0.29) is 5.92 Å². The second-order valence-corrected chi connectivity index (χ2v) is 6.19. The van der Waals surface area contributed by atoms with E-state index in [0.717, 1.165) is 18.6 Å². The molecule has 1 heterocycles. The Morgan fingerprint density at radius 2 is 1.95 bits per heavy atom. The lowest BCUT2D eigenvalue weighted by molar-refractivity contribution is -0.140. The molecular formula is C15H19F4NO. The lowest BCUT2D eigenvalue weighted by atomic mass is 9.90. The molecule has 1 aromatic carbocycles. The zero-order chi connectivity index (χ0) is 15.8. The molecule has 0 saturated carbocycles. The Bertz CT molecular complexity index is 507. The first kappa shape index (κ1) is 16.2. The molecule has 0 amide bonds. The van der Waals surface area contributed by atoms with Crippen LogP contribution in [-0.4, -0.2) is 28.7 Å². The van der Waals surface area contributed by atoms with Gasteiger partial charge in [-0.15, -0.1) is 0 Å². The second-order valence-electron chi connectivity index (χ2n) is 6.19. The molecule has 1 aliphatic heterocycles. The largest absolute Gasteiger partial charge is 0.419 e. The third-order valence-electron chi connectivity index (χ3n) is 4.01. The zero-order valence-corrected chi connectivity index (χ0v) is 12.0. The van der Waals surface area contributed by atoms with Gasteiger partial charge in [0.05, 0.1) is 11.2 Å². The van der Waals surface area contributed by atoms with Gasteiger partial charge in [0.15, 0.2) is 0 Å². The van der Waals surface area contributed by atoms with Crippen molar-refractivity contribution in [2.24, 2.45) is 5.92 Å². The molecule has 0 aliphatic carbocycles. The molecule has 2 nitrogen and oxygen atoms in total. The first-order valence-electron chi connectivity index (χ1n) is 6.87. The fraction of sp³-hybridized carbons (Fsp3) is 0.600. The van der Waals surface area contributed by atoms with E-state index < -0.39 is 23.2 Å². The van der Waals surface area contributed by atoms with Crippen LogP contribution in [0, 0.1) is 11.7 Å². The van der Waals surface area contributed by atoms with E-state index >= 15 is 0 Å². The highest BCUT2D eigenvalue weighted by molar-refractivity contribution is 5.27. The van der Waals surface area contributed by atoms with Gasteiger partial charge in [-0.25, -0.2) is 4.39 Å². The number of nitrogens with zero attached hydrogens (tertiary/aromatic N) is 1. The molecule has 118 valence electrons. The van der Waals surface area contributed by atoms with Crippen molar-refractivity contribution in [3.63, 3.8) is 0 Å². The number of hydrogen-bond acceptors (Lipinski definition) is 2. The summed E-state index contributed by atoms with van der Waals surface area (Å²) in [5.74, 6) is -1.15. The summed E-state index contributed by atoms with van der Waals surface area (Å²) in [5, 5.41) is 9.96. The van der Waals surface area contributed by atoms with Gasteiger partial charge in [-0.05, 0) is 44.5 Å². The van der Waals surface area contributed by atoms with E-state index in [1.54, 1.807) is 13.8 Å². The fourth-order valence-corrected chi connectivity index (χ4v) is 2.70. The van der Waals surface area contributed by atoms with Crippen molar-refractivity contribution in [3.05, 3.63) is 35.1 Å². The monoisotopic (exact) mass is 305 g/mol. The summed E-state index contributed by atoms with van der Waals surface area (Å²) in [6.45, 7) is 5.15. The quantitative estimate of drug-likeness (QED) is 0.865. The van der Waals surface area contributed by atoms with Gasteiger partial charge in [-0.3, -0.25) is 4.90 Å². The van der Waals surface area contributed by atoms with E-state index in [1.807, 2.05) is 4.90 Å². The van der Waals surface area contributed by atoms with Crippen molar-refractivity contribution >= 4 is 0 Å². The van der Waals surface area contributed by atoms with Crippen LogP contribution in [0.15, 0.2) is 18.2 Å². The van der Waals surface area contributed by atoms with Gasteiger partial charge in [0.1, 0.15) is 5.82 Å². The summed E-state index contributed by atoms with van der Waals surface area (Å²) >= 11 is 0. The standard InChI is InChI=1S/C15H19F4NO/c1-14(2,21)11-5-6-20(9-11)8-10-3-4-13(16)12(7-10)15(17,18)19/h3-4,7,11,21H,5-6,8-9H2,1-2H3/t11-/m1/s1. The molecule has 0 bridgehead atoms. The Morgan fingerprint density at radius 1 is 1.29 bits per heavy atom. The number of halogens is 4. The molecule has 0 unspecified atom stereocenters. The van der Waals surface area contributed by atoms with Gasteiger partial charge in [-0.1, -0.05) is 6.07 Å². The Hall–Kier alpha value is -1.14. The average Bonchev–Trinajstić information content (AvgIpc) is 2.78. The minimum Gasteiger partial charge on any atom is -0.390 e. The molecule has 1 N–H and O–H groups in total. The van der Waals surface area contributed by atoms with Crippen molar-refractivity contribution in [2.45, 2.75) is 38.6 Å². The van der Waals surface area contributed by atoms with Crippen molar-refractivity contribution in [2.75, 3.05) is 13.1 Å². The van der Waals surface area contributed by atoms with Crippen molar-refractivity contribution in [1.29, 1.82) is 0 Å². The first-order chi connectivity index (χ1) is 9.57. The van der Waals surface area contributed by atoms with Crippen molar-refractivity contribution in [3.8, 4) is 0 Å². The summed E-state index contributed by atoms with van der Waals surface area (Å²) in [6, 6.07) is 3.11. The van der Waals surface area contributed by atoms with Crippen LogP contribution in [0.4, 0.5) is 17.6 Å². The minimum atomic E-state index is -4.68. The number of likely N-dealkylation sites (tertiary alicyclic amines) is 1. The maximum atomic E-state index is 13.2. The highest BCUT2D eigenvalue weighted by Gasteiger charge is 2.35. The van der Waals surface area contributed by atoms with Gasteiger partial charge in [0.2, 0.25) is 0 Å². The normalized spacial score (nSPS) is 21.0. The van der Waals surface area contributed by atoms with Gasteiger partial charge < -0.3 is 5.11 Å². The van der Waals surface area contributed by atoms with Crippen LogP contribution in [0.25, 0.3) is 0 Å². The summed E-state index contributed by atoms with van der Waals surface area (Å²) < 4.78 is 51.3. The molecule has 21 heavy (non-hydrogen) atoms. The number of hydrogen-bond donors (Lipinski definition) is 1. The summed E-state index contributed by atoms with van der Waals surface area (Å²) in [6.07, 6.45) is -3.88. The molecular weight excluding hydrogens is 286 g/mol. The van der Waals surface area contributed by atoms with Crippen molar-refractivity contribution in [1.82, 2.24) is 4.90 Å². The molecule has 0 aromatic heterocycles. The number of aliphatic hydroxyl groups is 1. The molecule has 1 aromatic rings. The molecule has 1 atom stereocenters. The molecule has 1 aliphatic rings. The summed E-state index contributed by atoms with van der Waals surface area (Å²) in [4.78, 5) is 1.98. The number of rotatable bonds is 3. The van der Waals surface area contributed by atoms with Crippen LogP contribution in [0.1, 0.15) is 31.4 Å². The molecule has 1 fully saturated rings. The zero-order valence-electron chi connectivity index (χ0n) is 12.0. The van der Waals surface area contributed by atoms with Gasteiger partial charge in [-0.2, -0.15) is 13.2 Å². The van der Waals surface area contributed by atoms with Crippen LogP contribution in [0.3, 0.4) is 0 Å². The van der Waals surface area contributed by atoms with E-state index in [9.17, 15) is 22.7 Å². The fourth-order valence-electron chi connectivity index (χ4n) is 2.70. The Balaban J connectivity index is 2.08. The SMILES string of the molecule is CC(C)(O)[C@@H]1CCN(Cc2ccc(F)c(C(F)(F)F)c2)C1. The summed E-state index contributed by atoms with van der Waals surface area (Å²) in [5.41, 5.74) is -1.59. The van der Waals surface area contributed by atoms with E-state index in [2.05, 4.69) is 0 Å².